The quantitative estimate of drug-likeness (QED) is 0.787. The second-order valence-corrected chi connectivity index (χ2v) is 12.6. The molecule has 0 aromatic carbocycles. The van der Waals surface area contributed by atoms with Crippen LogP contribution < -0.4 is 0 Å². The van der Waals surface area contributed by atoms with Crippen molar-refractivity contribution in [2.45, 2.75) is 64.3 Å². The number of rotatable bonds is 3. The minimum atomic E-state index is -1.66. The molecule has 0 radical (unpaired) electrons. The summed E-state index contributed by atoms with van der Waals surface area (Å²) in [5.74, 6) is 1.11. The Balaban J connectivity index is 2.00. The number of aliphatic hydroxyl groups excluding tert-OH is 1. The smallest absolute Gasteiger partial charge is 0.192 e. The summed E-state index contributed by atoms with van der Waals surface area (Å²) in [6, 6.07) is 0. The van der Waals surface area contributed by atoms with Crippen LogP contribution in [-0.2, 0) is 4.43 Å². The van der Waals surface area contributed by atoms with Crippen LogP contribution in [0.25, 0.3) is 0 Å². The third-order valence-electron chi connectivity index (χ3n) is 5.45. The average Bonchev–Trinajstić information content (AvgIpc) is 2.35. The summed E-state index contributed by atoms with van der Waals surface area (Å²) in [7, 11) is -1.66. The molecule has 0 saturated heterocycles. The Kier molecular flexibility index (Phi) is 4.62. The van der Waals surface area contributed by atoms with Gasteiger partial charge in [0.2, 0.25) is 0 Å². The van der Waals surface area contributed by atoms with E-state index >= 15 is 0 Å². The minimum Gasteiger partial charge on any atom is -0.414 e. The maximum Gasteiger partial charge on any atom is 0.192 e. The van der Waals surface area contributed by atoms with Crippen LogP contribution in [0.1, 0.15) is 40.0 Å². The Hall–Kier alpha value is -0.383. The molecule has 0 amide bonds. The molecular weight excluding hydrogens is 264 g/mol. The van der Waals surface area contributed by atoms with E-state index in [0.29, 0.717) is 17.9 Å². The maximum absolute atomic E-state index is 9.46. The molecule has 0 bridgehead atoms. The molecule has 1 N–H and O–H groups in total. The first-order valence-corrected chi connectivity index (χ1v) is 10.8. The first-order valence-electron chi connectivity index (χ1n) is 7.90. The van der Waals surface area contributed by atoms with Gasteiger partial charge in [0.25, 0.3) is 0 Å². The lowest BCUT2D eigenvalue weighted by atomic mass is 9.72. The van der Waals surface area contributed by atoms with E-state index in [-0.39, 0.29) is 11.6 Å². The SMILES string of the molecule is CC(C)(C)[Si](C)(C)O[C@H]1CC[C@@H]2C(CO)=CC=C[C@H]2C1. The predicted octanol–water partition coefficient (Wildman–Crippen LogP) is 4.28. The molecule has 3 heteroatoms. The van der Waals surface area contributed by atoms with E-state index in [2.05, 4.69) is 52.1 Å². The number of aliphatic hydroxyl groups is 1. The molecule has 2 aliphatic carbocycles. The lowest BCUT2D eigenvalue weighted by molar-refractivity contribution is 0.0975. The first kappa shape index (κ1) is 16.0. The monoisotopic (exact) mass is 294 g/mol. The molecule has 0 aromatic heterocycles. The third kappa shape index (κ3) is 3.26. The van der Waals surface area contributed by atoms with E-state index < -0.39 is 8.32 Å². The van der Waals surface area contributed by atoms with Gasteiger partial charge in [-0.1, -0.05) is 39.0 Å². The lowest BCUT2D eigenvalue weighted by Gasteiger charge is -2.43. The van der Waals surface area contributed by atoms with Crippen molar-refractivity contribution in [2.75, 3.05) is 6.61 Å². The molecule has 2 nitrogen and oxygen atoms in total. The lowest BCUT2D eigenvalue weighted by Crippen LogP contribution is -2.46. The molecule has 0 heterocycles. The largest absolute Gasteiger partial charge is 0.414 e. The highest BCUT2D eigenvalue weighted by Crippen LogP contribution is 2.43. The van der Waals surface area contributed by atoms with E-state index in [0.717, 1.165) is 19.3 Å². The molecule has 0 spiro atoms. The summed E-state index contributed by atoms with van der Waals surface area (Å²) >= 11 is 0. The molecule has 1 fully saturated rings. The zero-order valence-corrected chi connectivity index (χ0v) is 14.6. The second-order valence-electron chi connectivity index (χ2n) is 7.87. The van der Waals surface area contributed by atoms with Gasteiger partial charge in [-0.3, -0.25) is 0 Å². The zero-order valence-electron chi connectivity index (χ0n) is 13.6. The van der Waals surface area contributed by atoms with Crippen LogP contribution in [0.2, 0.25) is 18.1 Å². The molecule has 0 aliphatic heterocycles. The number of fused-ring (bicyclic) bond motifs is 1. The molecule has 2 rings (SSSR count). The number of allylic oxidation sites excluding steroid dienone is 3. The van der Waals surface area contributed by atoms with Crippen molar-refractivity contribution in [1.29, 1.82) is 0 Å². The van der Waals surface area contributed by atoms with Crippen molar-refractivity contribution >= 4 is 8.32 Å². The van der Waals surface area contributed by atoms with Gasteiger partial charge in [-0.25, -0.2) is 0 Å². The van der Waals surface area contributed by atoms with E-state index in [1.807, 2.05) is 0 Å². The van der Waals surface area contributed by atoms with Gasteiger partial charge < -0.3 is 9.53 Å². The Morgan fingerprint density at radius 3 is 2.60 bits per heavy atom. The molecule has 0 unspecified atom stereocenters. The summed E-state index contributed by atoms with van der Waals surface area (Å²) in [6.45, 7) is 11.8. The van der Waals surface area contributed by atoms with Crippen molar-refractivity contribution in [3.8, 4) is 0 Å². The van der Waals surface area contributed by atoms with E-state index in [9.17, 15) is 5.11 Å². The molecule has 114 valence electrons. The van der Waals surface area contributed by atoms with Crippen LogP contribution in [0.4, 0.5) is 0 Å². The minimum absolute atomic E-state index is 0.208. The van der Waals surface area contributed by atoms with Gasteiger partial charge in [-0.2, -0.15) is 0 Å². The van der Waals surface area contributed by atoms with Crippen molar-refractivity contribution in [3.63, 3.8) is 0 Å². The standard InChI is InChI=1S/C17H30O2Si/c1-17(2,3)20(4,5)19-15-9-10-16-13(11-15)7-6-8-14(16)12-18/h6-8,13,15-16,18H,9-12H2,1-5H3/t13-,15-,16-/m0/s1. The van der Waals surface area contributed by atoms with Gasteiger partial charge in [-0.15, -0.1) is 0 Å². The highest BCUT2D eigenvalue weighted by Gasteiger charge is 2.41. The van der Waals surface area contributed by atoms with Crippen molar-refractivity contribution in [2.24, 2.45) is 11.8 Å². The molecule has 2 aliphatic rings. The predicted molar refractivity (Wildman–Crippen MR) is 87.2 cm³/mol. The average molecular weight is 295 g/mol. The van der Waals surface area contributed by atoms with E-state index in [1.165, 1.54) is 5.57 Å². The van der Waals surface area contributed by atoms with Crippen molar-refractivity contribution in [3.05, 3.63) is 23.8 Å². The fourth-order valence-corrected chi connectivity index (χ4v) is 4.56. The van der Waals surface area contributed by atoms with Gasteiger partial charge in [0, 0.05) is 6.10 Å². The summed E-state index contributed by atoms with van der Waals surface area (Å²) in [6.07, 6.45) is 10.3. The molecule has 20 heavy (non-hydrogen) atoms. The van der Waals surface area contributed by atoms with Gasteiger partial charge >= 0.3 is 0 Å². The van der Waals surface area contributed by atoms with Gasteiger partial charge in [-0.05, 0) is 54.8 Å². The van der Waals surface area contributed by atoms with Crippen LogP contribution in [-0.4, -0.2) is 26.1 Å². The van der Waals surface area contributed by atoms with Crippen LogP contribution in [0.5, 0.6) is 0 Å². The summed E-state index contributed by atoms with van der Waals surface area (Å²) in [4.78, 5) is 0. The number of hydrogen-bond acceptors (Lipinski definition) is 2. The fraction of sp³-hybridized carbons (Fsp3) is 0.765. The molecule has 1 saturated carbocycles. The van der Waals surface area contributed by atoms with Crippen LogP contribution in [0, 0.1) is 11.8 Å². The maximum atomic E-state index is 9.46. The normalized spacial score (nSPS) is 30.9. The van der Waals surface area contributed by atoms with Crippen molar-refractivity contribution < 1.29 is 9.53 Å². The Bertz CT molecular complexity index is 404. The van der Waals surface area contributed by atoms with Gasteiger partial charge in [0.05, 0.1) is 6.61 Å². The summed E-state index contributed by atoms with van der Waals surface area (Å²) < 4.78 is 6.58. The fourth-order valence-electron chi connectivity index (χ4n) is 3.15. The van der Waals surface area contributed by atoms with Gasteiger partial charge in [0.1, 0.15) is 0 Å². The Morgan fingerprint density at radius 1 is 1.30 bits per heavy atom. The summed E-state index contributed by atoms with van der Waals surface area (Å²) in [5, 5.41) is 9.74. The zero-order chi connectivity index (χ0) is 15.0. The third-order valence-corrected chi connectivity index (χ3v) is 9.98. The number of hydrogen-bond donors (Lipinski definition) is 1. The highest BCUT2D eigenvalue weighted by molar-refractivity contribution is 6.74. The molecule has 0 aromatic rings. The highest BCUT2D eigenvalue weighted by atomic mass is 28.4. The van der Waals surface area contributed by atoms with E-state index in [1.54, 1.807) is 0 Å². The molecule has 3 atom stereocenters. The topological polar surface area (TPSA) is 29.5 Å². The van der Waals surface area contributed by atoms with E-state index in [4.69, 9.17) is 4.43 Å². The van der Waals surface area contributed by atoms with Gasteiger partial charge in [0.15, 0.2) is 8.32 Å². The van der Waals surface area contributed by atoms with Crippen LogP contribution in [0.3, 0.4) is 0 Å². The van der Waals surface area contributed by atoms with Crippen LogP contribution in [0.15, 0.2) is 23.8 Å². The molecular formula is C17H30O2Si. The van der Waals surface area contributed by atoms with Crippen molar-refractivity contribution in [1.82, 2.24) is 0 Å². The Labute approximate surface area is 125 Å². The summed E-state index contributed by atoms with van der Waals surface area (Å²) in [5.41, 5.74) is 1.21. The second kappa shape index (κ2) is 5.78. The van der Waals surface area contributed by atoms with Crippen LogP contribution >= 0.6 is 0 Å². The Morgan fingerprint density at radius 2 is 2.00 bits per heavy atom. The first-order chi connectivity index (χ1) is 9.24.